The predicted octanol–water partition coefficient (Wildman–Crippen LogP) is 1.97. The Hall–Kier alpha value is -2.34. The Kier molecular flexibility index (Phi) is 4.85. The quantitative estimate of drug-likeness (QED) is 0.922. The molecule has 1 aliphatic heterocycles. The van der Waals surface area contributed by atoms with Gasteiger partial charge in [0.25, 0.3) is 5.56 Å². The van der Waals surface area contributed by atoms with E-state index in [1.54, 1.807) is 0 Å². The Morgan fingerprint density at radius 2 is 2.00 bits per heavy atom. The highest BCUT2D eigenvalue weighted by molar-refractivity contribution is 6.33. The van der Waals surface area contributed by atoms with Crippen LogP contribution in [0.15, 0.2) is 35.3 Å². The molecule has 7 heteroatoms. The molecule has 0 atom stereocenters. The Labute approximate surface area is 145 Å². The predicted molar refractivity (Wildman–Crippen MR) is 93.3 cm³/mol. The number of anilines is 1. The van der Waals surface area contributed by atoms with Crippen molar-refractivity contribution < 1.29 is 4.79 Å². The number of aromatic nitrogens is 2. The molecule has 24 heavy (non-hydrogen) atoms. The van der Waals surface area contributed by atoms with Crippen molar-refractivity contribution in [2.24, 2.45) is 0 Å². The van der Waals surface area contributed by atoms with Crippen LogP contribution < -0.4 is 10.5 Å². The fourth-order valence-corrected chi connectivity index (χ4v) is 3.07. The lowest BCUT2D eigenvalue weighted by Gasteiger charge is -2.24. The van der Waals surface area contributed by atoms with E-state index in [1.165, 1.54) is 11.8 Å². The van der Waals surface area contributed by atoms with Crippen molar-refractivity contribution in [2.75, 3.05) is 24.5 Å². The van der Waals surface area contributed by atoms with E-state index in [9.17, 15) is 9.59 Å². The van der Waals surface area contributed by atoms with E-state index in [4.69, 9.17) is 11.6 Å². The monoisotopic (exact) mass is 346 g/mol. The third-order valence-corrected chi connectivity index (χ3v) is 4.69. The summed E-state index contributed by atoms with van der Waals surface area (Å²) < 4.78 is 0. The van der Waals surface area contributed by atoms with Crippen molar-refractivity contribution in [1.82, 2.24) is 15.1 Å². The molecular weight excluding hydrogens is 328 g/mol. The third-order valence-electron chi connectivity index (χ3n) is 4.33. The number of amides is 1. The Morgan fingerprint density at radius 1 is 1.21 bits per heavy atom. The molecule has 2 aromatic rings. The minimum Gasteiger partial charge on any atom is -0.367 e. The maximum absolute atomic E-state index is 12.4. The molecule has 6 nitrogen and oxygen atoms in total. The fraction of sp³-hybridized carbons (Fsp3) is 0.353. The topological polar surface area (TPSA) is 69.3 Å². The second kappa shape index (κ2) is 7.05. The van der Waals surface area contributed by atoms with Crippen LogP contribution in [-0.2, 0) is 11.3 Å². The van der Waals surface area contributed by atoms with E-state index < -0.39 is 5.56 Å². The summed E-state index contributed by atoms with van der Waals surface area (Å²) in [4.78, 5) is 27.9. The highest BCUT2D eigenvalue weighted by atomic mass is 35.5. The molecule has 0 saturated carbocycles. The number of hydrogen-bond acceptors (Lipinski definition) is 4. The number of nitrogens with zero attached hydrogens (tertiary/aromatic N) is 3. The smallest absolute Gasteiger partial charge is 0.285 e. The van der Waals surface area contributed by atoms with Gasteiger partial charge >= 0.3 is 0 Å². The van der Waals surface area contributed by atoms with Gasteiger partial charge in [-0.1, -0.05) is 35.9 Å². The summed E-state index contributed by atoms with van der Waals surface area (Å²) >= 11 is 6.08. The van der Waals surface area contributed by atoms with Gasteiger partial charge in [0, 0.05) is 32.6 Å². The SMILES string of the molecule is Cc1ccccc1CN1CCN(c2cn[nH]c(=O)c2Cl)CCC1=O. The van der Waals surface area contributed by atoms with E-state index in [1.807, 2.05) is 41.0 Å². The third kappa shape index (κ3) is 3.43. The highest BCUT2D eigenvalue weighted by Gasteiger charge is 2.23. The number of aromatic amines is 1. The molecule has 1 aliphatic rings. The standard InChI is InChI=1S/C17H19ClN4O2/c1-12-4-2-3-5-13(12)11-22-9-8-21(7-6-15(22)23)14-10-19-20-17(24)16(14)18/h2-5,10H,6-9,11H2,1H3,(H,20,24). The van der Waals surface area contributed by atoms with Crippen LogP contribution in [0, 0.1) is 6.92 Å². The normalized spacial score (nSPS) is 15.5. The minimum atomic E-state index is -0.415. The number of H-pyrrole nitrogens is 1. The summed E-state index contributed by atoms with van der Waals surface area (Å²) in [6.45, 7) is 4.36. The van der Waals surface area contributed by atoms with Gasteiger partial charge in [0.05, 0.1) is 11.9 Å². The van der Waals surface area contributed by atoms with Crippen LogP contribution in [0.2, 0.25) is 5.02 Å². The van der Waals surface area contributed by atoms with Gasteiger partial charge in [-0.15, -0.1) is 0 Å². The number of carbonyl (C=O) groups excluding carboxylic acids is 1. The molecule has 1 amide bonds. The first-order valence-electron chi connectivity index (χ1n) is 7.86. The summed E-state index contributed by atoms with van der Waals surface area (Å²) in [5, 5.41) is 6.23. The van der Waals surface area contributed by atoms with Gasteiger partial charge < -0.3 is 9.80 Å². The van der Waals surface area contributed by atoms with E-state index in [0.717, 1.165) is 5.56 Å². The van der Waals surface area contributed by atoms with Gasteiger partial charge in [-0.3, -0.25) is 9.59 Å². The van der Waals surface area contributed by atoms with E-state index in [2.05, 4.69) is 10.2 Å². The summed E-state index contributed by atoms with van der Waals surface area (Å²) in [7, 11) is 0. The molecule has 0 unspecified atom stereocenters. The molecule has 3 rings (SSSR count). The number of carbonyl (C=O) groups is 1. The molecule has 126 valence electrons. The number of nitrogens with one attached hydrogen (secondary N) is 1. The van der Waals surface area contributed by atoms with E-state index in [0.29, 0.717) is 38.3 Å². The zero-order valence-electron chi connectivity index (χ0n) is 13.5. The number of hydrogen-bond donors (Lipinski definition) is 1. The number of aryl methyl sites for hydroxylation is 1. The molecule has 0 aliphatic carbocycles. The maximum Gasteiger partial charge on any atom is 0.285 e. The summed E-state index contributed by atoms with van der Waals surface area (Å²) in [6, 6.07) is 8.07. The van der Waals surface area contributed by atoms with Gasteiger partial charge in [0.15, 0.2) is 0 Å². The van der Waals surface area contributed by atoms with Gasteiger partial charge in [-0.2, -0.15) is 5.10 Å². The zero-order valence-corrected chi connectivity index (χ0v) is 14.2. The molecule has 1 aromatic heterocycles. The number of benzene rings is 1. The lowest BCUT2D eigenvalue weighted by molar-refractivity contribution is -0.130. The first kappa shape index (κ1) is 16.5. The number of halogens is 1. The summed E-state index contributed by atoms with van der Waals surface area (Å²) in [5.74, 6) is 0.106. The average Bonchev–Trinajstić information content (AvgIpc) is 2.75. The van der Waals surface area contributed by atoms with Crippen LogP contribution in [-0.4, -0.2) is 40.6 Å². The van der Waals surface area contributed by atoms with E-state index in [-0.39, 0.29) is 10.9 Å². The highest BCUT2D eigenvalue weighted by Crippen LogP contribution is 2.22. The Bertz CT molecular complexity index is 805. The maximum atomic E-state index is 12.4. The molecule has 1 fully saturated rings. The first-order valence-corrected chi connectivity index (χ1v) is 8.24. The second-order valence-corrected chi connectivity index (χ2v) is 6.26. The van der Waals surface area contributed by atoms with Crippen LogP contribution in [0.1, 0.15) is 17.5 Å². The molecule has 0 radical (unpaired) electrons. The first-order chi connectivity index (χ1) is 11.6. The van der Waals surface area contributed by atoms with Crippen LogP contribution in [0.5, 0.6) is 0 Å². The lowest BCUT2D eigenvalue weighted by atomic mass is 10.1. The van der Waals surface area contributed by atoms with Crippen molar-refractivity contribution in [3.63, 3.8) is 0 Å². The van der Waals surface area contributed by atoms with Gasteiger partial charge in [-0.25, -0.2) is 5.10 Å². The van der Waals surface area contributed by atoms with Gasteiger partial charge in [0.1, 0.15) is 5.02 Å². The fourth-order valence-electron chi connectivity index (χ4n) is 2.86. The van der Waals surface area contributed by atoms with Crippen molar-refractivity contribution in [3.8, 4) is 0 Å². The van der Waals surface area contributed by atoms with E-state index >= 15 is 0 Å². The minimum absolute atomic E-state index is 0.106. The van der Waals surface area contributed by atoms with Gasteiger partial charge in [-0.05, 0) is 18.1 Å². The Morgan fingerprint density at radius 3 is 2.79 bits per heavy atom. The largest absolute Gasteiger partial charge is 0.367 e. The molecule has 1 aromatic carbocycles. The number of rotatable bonds is 3. The van der Waals surface area contributed by atoms with Crippen molar-refractivity contribution in [1.29, 1.82) is 0 Å². The van der Waals surface area contributed by atoms with Crippen molar-refractivity contribution >= 4 is 23.2 Å². The molecule has 1 N–H and O–H groups in total. The molecule has 0 spiro atoms. The summed E-state index contributed by atoms with van der Waals surface area (Å²) in [5.41, 5.74) is 2.48. The second-order valence-electron chi connectivity index (χ2n) is 5.88. The lowest BCUT2D eigenvalue weighted by Crippen LogP contribution is -2.33. The zero-order chi connectivity index (χ0) is 17.1. The van der Waals surface area contributed by atoms with Crippen LogP contribution >= 0.6 is 11.6 Å². The Balaban J connectivity index is 1.76. The molecule has 2 heterocycles. The van der Waals surface area contributed by atoms with Crippen molar-refractivity contribution in [3.05, 3.63) is 57.0 Å². The van der Waals surface area contributed by atoms with Crippen LogP contribution in [0.4, 0.5) is 5.69 Å². The average molecular weight is 347 g/mol. The molecule has 0 bridgehead atoms. The van der Waals surface area contributed by atoms with Crippen molar-refractivity contribution in [2.45, 2.75) is 19.9 Å². The van der Waals surface area contributed by atoms with Gasteiger partial charge in [0.2, 0.25) is 5.91 Å². The molecular formula is C17H19ClN4O2. The summed E-state index contributed by atoms with van der Waals surface area (Å²) in [6.07, 6.45) is 1.92. The van der Waals surface area contributed by atoms with Crippen LogP contribution in [0.25, 0.3) is 0 Å². The van der Waals surface area contributed by atoms with Crippen LogP contribution in [0.3, 0.4) is 0 Å². The molecule has 1 saturated heterocycles.